The van der Waals surface area contributed by atoms with Crippen LogP contribution < -0.4 is 0 Å². The van der Waals surface area contributed by atoms with Crippen molar-refractivity contribution in [3.05, 3.63) is 22.8 Å². The zero-order chi connectivity index (χ0) is 7.28. The smallest absolute Gasteiger partial charge is 0.0379 e. The zero-order valence-corrected chi connectivity index (χ0v) is 7.27. The molecule has 0 aromatic carbocycles. The Balaban J connectivity index is 4.00. The van der Waals surface area contributed by atoms with E-state index in [9.17, 15) is 0 Å². The van der Waals surface area contributed by atoms with Crippen molar-refractivity contribution in [3.8, 4) is 0 Å². The minimum absolute atomic E-state index is 0.852. The summed E-state index contributed by atoms with van der Waals surface area (Å²) in [7, 11) is 0. The van der Waals surface area contributed by atoms with Gasteiger partial charge in [0.15, 0.2) is 0 Å². The van der Waals surface area contributed by atoms with Crippen LogP contribution in [0.1, 0.15) is 13.8 Å². The number of rotatable bonds is 2. The van der Waals surface area contributed by atoms with E-state index in [1.54, 1.807) is 6.21 Å². The standard InChI is InChI=1S/C7H10BrN/c1-4-9-7(3)5-6(2)8/h4-5H,2H2,1,3H3/b7-5-,9-4?. The number of nitrogens with zero attached hydrogens (tertiary/aromatic N) is 1. The summed E-state index contributed by atoms with van der Waals surface area (Å²) >= 11 is 3.20. The topological polar surface area (TPSA) is 12.4 Å². The lowest BCUT2D eigenvalue weighted by Crippen LogP contribution is -1.68. The summed E-state index contributed by atoms with van der Waals surface area (Å²) in [5.41, 5.74) is 0.958. The lowest BCUT2D eigenvalue weighted by molar-refractivity contribution is 1.31. The van der Waals surface area contributed by atoms with Gasteiger partial charge in [-0.3, -0.25) is 4.99 Å². The molecule has 1 nitrogen and oxygen atoms in total. The monoisotopic (exact) mass is 187 g/mol. The second kappa shape index (κ2) is 4.50. The third-order valence-corrected chi connectivity index (χ3v) is 0.927. The Bertz CT molecular complexity index is 156. The van der Waals surface area contributed by atoms with Crippen LogP contribution in [0, 0.1) is 0 Å². The molecule has 0 aliphatic heterocycles. The van der Waals surface area contributed by atoms with Gasteiger partial charge in [0.25, 0.3) is 0 Å². The van der Waals surface area contributed by atoms with Crippen LogP contribution in [0.2, 0.25) is 0 Å². The SMILES string of the molecule is C=C(Br)/C=C(/C)N=CC. The van der Waals surface area contributed by atoms with Crippen LogP contribution in [-0.2, 0) is 0 Å². The molecule has 0 rings (SSSR count). The van der Waals surface area contributed by atoms with Crippen LogP contribution in [0.5, 0.6) is 0 Å². The first kappa shape index (κ1) is 8.63. The van der Waals surface area contributed by atoms with Crippen molar-refractivity contribution in [3.63, 3.8) is 0 Å². The molecule has 0 aliphatic carbocycles. The number of hydrogen-bond acceptors (Lipinski definition) is 1. The van der Waals surface area contributed by atoms with Crippen LogP contribution in [-0.4, -0.2) is 6.21 Å². The van der Waals surface area contributed by atoms with E-state index in [1.165, 1.54) is 0 Å². The van der Waals surface area contributed by atoms with Gasteiger partial charge in [-0.1, -0.05) is 22.5 Å². The second-order valence-corrected chi connectivity index (χ2v) is 2.64. The van der Waals surface area contributed by atoms with Gasteiger partial charge >= 0.3 is 0 Å². The number of halogens is 1. The van der Waals surface area contributed by atoms with Gasteiger partial charge in [0.2, 0.25) is 0 Å². The van der Waals surface area contributed by atoms with Crippen LogP contribution in [0.4, 0.5) is 0 Å². The van der Waals surface area contributed by atoms with E-state index >= 15 is 0 Å². The predicted molar refractivity (Wildman–Crippen MR) is 46.0 cm³/mol. The van der Waals surface area contributed by atoms with Crippen molar-refractivity contribution in [1.29, 1.82) is 0 Å². The quantitative estimate of drug-likeness (QED) is 0.466. The molecule has 2 heteroatoms. The van der Waals surface area contributed by atoms with Crippen molar-refractivity contribution in [1.82, 2.24) is 0 Å². The molecule has 0 saturated heterocycles. The van der Waals surface area contributed by atoms with Crippen molar-refractivity contribution in [2.24, 2.45) is 4.99 Å². The fourth-order valence-corrected chi connectivity index (χ4v) is 0.799. The number of aliphatic imine (C=N–C) groups is 1. The van der Waals surface area contributed by atoms with E-state index in [0.29, 0.717) is 0 Å². The molecule has 50 valence electrons. The highest BCUT2D eigenvalue weighted by Gasteiger charge is 1.81. The second-order valence-electron chi connectivity index (χ2n) is 1.62. The highest BCUT2D eigenvalue weighted by Crippen LogP contribution is 2.06. The van der Waals surface area contributed by atoms with Crippen LogP contribution in [0.3, 0.4) is 0 Å². The highest BCUT2D eigenvalue weighted by molar-refractivity contribution is 9.11. The molecule has 0 heterocycles. The van der Waals surface area contributed by atoms with E-state index in [1.807, 2.05) is 19.9 Å². The molecule has 0 radical (unpaired) electrons. The Hall–Kier alpha value is -0.370. The maximum absolute atomic E-state index is 4.01. The number of hydrogen-bond donors (Lipinski definition) is 0. The van der Waals surface area contributed by atoms with E-state index in [4.69, 9.17) is 0 Å². The average Bonchev–Trinajstić information content (AvgIpc) is 1.63. The summed E-state index contributed by atoms with van der Waals surface area (Å²) in [6.45, 7) is 7.45. The minimum atomic E-state index is 0.852. The molecule has 0 aromatic rings. The van der Waals surface area contributed by atoms with Gasteiger partial charge in [0.05, 0.1) is 0 Å². The van der Waals surface area contributed by atoms with Crippen molar-refractivity contribution in [2.45, 2.75) is 13.8 Å². The molecule has 0 N–H and O–H groups in total. The Kier molecular flexibility index (Phi) is 4.32. The highest BCUT2D eigenvalue weighted by atomic mass is 79.9. The minimum Gasteiger partial charge on any atom is -0.266 e. The molecule has 0 bridgehead atoms. The van der Waals surface area contributed by atoms with Crippen molar-refractivity contribution < 1.29 is 0 Å². The third-order valence-electron chi connectivity index (χ3n) is 0.698. The fraction of sp³-hybridized carbons (Fsp3) is 0.286. The molecular weight excluding hydrogens is 178 g/mol. The number of allylic oxidation sites excluding steroid dienone is 3. The summed E-state index contributed by atoms with van der Waals surface area (Å²) in [6.07, 6.45) is 3.61. The van der Waals surface area contributed by atoms with Crippen molar-refractivity contribution in [2.75, 3.05) is 0 Å². The Labute approximate surface area is 64.3 Å². The molecule has 0 spiro atoms. The Morgan fingerprint density at radius 1 is 1.67 bits per heavy atom. The van der Waals surface area contributed by atoms with Crippen LogP contribution in [0.25, 0.3) is 0 Å². The summed E-state index contributed by atoms with van der Waals surface area (Å²) < 4.78 is 0.852. The summed E-state index contributed by atoms with van der Waals surface area (Å²) in [5, 5.41) is 0. The first-order chi connectivity index (χ1) is 4.16. The van der Waals surface area contributed by atoms with Gasteiger partial charge in [-0.15, -0.1) is 0 Å². The zero-order valence-electron chi connectivity index (χ0n) is 5.69. The maximum Gasteiger partial charge on any atom is 0.0379 e. The van der Waals surface area contributed by atoms with Gasteiger partial charge in [-0.2, -0.15) is 0 Å². The van der Waals surface area contributed by atoms with E-state index in [2.05, 4.69) is 27.5 Å². The molecule has 0 aromatic heterocycles. The Morgan fingerprint density at radius 3 is 2.56 bits per heavy atom. The van der Waals surface area contributed by atoms with Gasteiger partial charge in [0, 0.05) is 16.4 Å². The lowest BCUT2D eigenvalue weighted by Gasteiger charge is -1.87. The van der Waals surface area contributed by atoms with E-state index in [-0.39, 0.29) is 0 Å². The molecular formula is C7H10BrN. The van der Waals surface area contributed by atoms with Gasteiger partial charge in [-0.05, 0) is 19.9 Å². The maximum atomic E-state index is 4.01. The third kappa shape index (κ3) is 5.50. The fourth-order valence-electron chi connectivity index (χ4n) is 0.468. The summed E-state index contributed by atoms with van der Waals surface area (Å²) in [5.74, 6) is 0. The van der Waals surface area contributed by atoms with Gasteiger partial charge < -0.3 is 0 Å². The molecule has 0 fully saturated rings. The van der Waals surface area contributed by atoms with Crippen LogP contribution in [0.15, 0.2) is 27.8 Å². The van der Waals surface area contributed by atoms with Crippen molar-refractivity contribution >= 4 is 22.1 Å². The molecule has 0 atom stereocenters. The largest absolute Gasteiger partial charge is 0.266 e. The first-order valence-corrected chi connectivity index (χ1v) is 3.47. The molecule has 0 amide bonds. The molecule has 0 aliphatic rings. The molecule has 9 heavy (non-hydrogen) atoms. The van der Waals surface area contributed by atoms with Gasteiger partial charge in [-0.25, -0.2) is 0 Å². The van der Waals surface area contributed by atoms with Crippen LogP contribution >= 0.6 is 15.9 Å². The molecule has 0 saturated carbocycles. The summed E-state index contributed by atoms with van der Waals surface area (Å²) in [6, 6.07) is 0. The molecule has 0 unspecified atom stereocenters. The first-order valence-electron chi connectivity index (χ1n) is 2.68. The summed E-state index contributed by atoms with van der Waals surface area (Å²) in [4.78, 5) is 4.01. The average molecular weight is 188 g/mol. The lowest BCUT2D eigenvalue weighted by atomic mass is 10.4. The van der Waals surface area contributed by atoms with E-state index < -0.39 is 0 Å². The Morgan fingerprint density at radius 2 is 2.22 bits per heavy atom. The van der Waals surface area contributed by atoms with Gasteiger partial charge in [0.1, 0.15) is 0 Å². The predicted octanol–water partition coefficient (Wildman–Crippen LogP) is 2.89. The normalized spacial score (nSPS) is 12.6. The van der Waals surface area contributed by atoms with E-state index in [0.717, 1.165) is 10.2 Å².